The van der Waals surface area contributed by atoms with E-state index in [-0.39, 0.29) is 59.1 Å². The number of carboxylic acids is 2. The normalized spacial score (nSPS) is 18.1. The van der Waals surface area contributed by atoms with Crippen molar-refractivity contribution in [2.75, 3.05) is 13.1 Å². The van der Waals surface area contributed by atoms with Gasteiger partial charge in [0.1, 0.15) is 47.6 Å². The van der Waals surface area contributed by atoms with E-state index in [0.717, 1.165) is 12.8 Å². The number of aliphatic carboxylic acids is 2. The maximum atomic E-state index is 11.6. The molecule has 4 N–H and O–H groups in total. The zero-order chi connectivity index (χ0) is 29.7. The summed E-state index contributed by atoms with van der Waals surface area (Å²) < 4.78 is 0. The second-order valence-electron chi connectivity index (χ2n) is 9.24. The average Bonchev–Trinajstić information content (AvgIpc) is 2.95. The van der Waals surface area contributed by atoms with E-state index in [0.29, 0.717) is 37.3 Å². The molecule has 40 heavy (non-hydrogen) atoms. The van der Waals surface area contributed by atoms with Crippen LogP contribution >= 0.6 is 0 Å². The molecule has 2 unspecified atom stereocenters. The molecule has 0 aliphatic heterocycles. The molecule has 0 heterocycles. The van der Waals surface area contributed by atoms with Gasteiger partial charge in [-0.15, -0.1) is 0 Å². The largest absolute Gasteiger partial charge is 0.481 e. The Balaban J connectivity index is 1.96. The van der Waals surface area contributed by atoms with Crippen LogP contribution in [0.4, 0.5) is 0 Å². The van der Waals surface area contributed by atoms with Gasteiger partial charge in [0.15, 0.2) is 0 Å². The lowest BCUT2D eigenvalue weighted by Gasteiger charge is -2.25. The molecule has 0 amide bonds. The second kappa shape index (κ2) is 15.0. The van der Waals surface area contributed by atoms with E-state index in [1.54, 1.807) is 24.3 Å². The molecule has 0 bridgehead atoms. The molecule has 202 valence electrons. The highest BCUT2D eigenvalue weighted by atomic mass is 16.4. The predicted molar refractivity (Wildman–Crippen MR) is 137 cm³/mol. The van der Waals surface area contributed by atoms with Gasteiger partial charge < -0.3 is 20.8 Å². The van der Waals surface area contributed by atoms with Crippen molar-refractivity contribution in [3.05, 3.63) is 44.8 Å². The van der Waals surface area contributed by atoms with E-state index in [1.807, 2.05) is 12.1 Å². The fourth-order valence-corrected chi connectivity index (χ4v) is 4.70. The third-order valence-corrected chi connectivity index (χ3v) is 6.76. The van der Waals surface area contributed by atoms with Crippen molar-refractivity contribution in [3.63, 3.8) is 0 Å². The van der Waals surface area contributed by atoms with Crippen LogP contribution in [-0.4, -0.2) is 35.2 Å². The van der Waals surface area contributed by atoms with E-state index < -0.39 is 23.8 Å². The molecule has 12 heteroatoms. The Hall–Kier alpha value is -5.56. The summed E-state index contributed by atoms with van der Waals surface area (Å²) in [7, 11) is 0. The van der Waals surface area contributed by atoms with E-state index in [1.165, 1.54) is 0 Å². The van der Waals surface area contributed by atoms with Crippen LogP contribution in [-0.2, 0) is 9.59 Å². The number of nitriles is 6. The smallest absolute Gasteiger partial charge is 0.307 e. The van der Waals surface area contributed by atoms with Crippen molar-refractivity contribution in [2.24, 2.45) is 11.8 Å². The van der Waals surface area contributed by atoms with E-state index in [2.05, 4.69) is 10.6 Å². The van der Waals surface area contributed by atoms with Gasteiger partial charge in [0.2, 0.25) is 0 Å². The maximum absolute atomic E-state index is 11.6. The summed E-state index contributed by atoms with van der Waals surface area (Å²) in [5.41, 5.74) is 0.837. The number of allylic oxidation sites excluding steroid dienone is 8. The summed E-state index contributed by atoms with van der Waals surface area (Å²) in [6.45, 7) is 0.899. The highest BCUT2D eigenvalue weighted by molar-refractivity contribution is 5.74. The van der Waals surface area contributed by atoms with Crippen LogP contribution in [0.2, 0.25) is 0 Å². The Morgan fingerprint density at radius 3 is 1.25 bits per heavy atom. The SMILES string of the molecule is N#CC(C#N)=C1CC(C(=O)O)CC(NCCCCCCNC2=C(C#N)C(=C(C#N)C#N)CC(C(=O)O)C2)=C1C#N. The molecular weight excluding hydrogens is 512 g/mol. The van der Waals surface area contributed by atoms with Crippen molar-refractivity contribution in [1.29, 1.82) is 31.6 Å². The molecule has 0 saturated carbocycles. The molecule has 0 spiro atoms. The number of hydrogen-bond acceptors (Lipinski definition) is 10. The first kappa shape index (κ1) is 30.7. The first-order chi connectivity index (χ1) is 19.3. The van der Waals surface area contributed by atoms with Crippen LogP contribution in [0.3, 0.4) is 0 Å². The molecule has 0 aromatic carbocycles. The van der Waals surface area contributed by atoms with Crippen molar-refractivity contribution >= 4 is 11.9 Å². The Morgan fingerprint density at radius 2 is 0.975 bits per heavy atom. The van der Waals surface area contributed by atoms with Gasteiger partial charge in [-0.3, -0.25) is 9.59 Å². The minimum atomic E-state index is -1.07. The van der Waals surface area contributed by atoms with Crippen molar-refractivity contribution in [2.45, 2.75) is 51.4 Å². The van der Waals surface area contributed by atoms with E-state index >= 15 is 0 Å². The number of carboxylic acid groups (broad SMARTS) is 2. The molecule has 0 aromatic rings. The summed E-state index contributed by atoms with van der Waals surface area (Å²) in [5, 5.41) is 81.3. The summed E-state index contributed by atoms with van der Waals surface area (Å²) in [4.78, 5) is 23.2. The van der Waals surface area contributed by atoms with Gasteiger partial charge >= 0.3 is 11.9 Å². The molecule has 12 nitrogen and oxygen atoms in total. The van der Waals surface area contributed by atoms with Crippen molar-refractivity contribution < 1.29 is 19.8 Å². The summed E-state index contributed by atoms with van der Waals surface area (Å²) in [6.07, 6.45) is 3.00. The van der Waals surface area contributed by atoms with Crippen LogP contribution in [0.1, 0.15) is 51.4 Å². The number of nitrogens with one attached hydrogen (secondary N) is 2. The molecule has 0 fully saturated rings. The summed E-state index contributed by atoms with van der Waals surface area (Å²) in [6, 6.07) is 11.0. The quantitative estimate of drug-likeness (QED) is 0.219. The molecule has 2 rings (SSSR count). The first-order valence-corrected chi connectivity index (χ1v) is 12.5. The minimum Gasteiger partial charge on any atom is -0.481 e. The predicted octanol–water partition coefficient (Wildman–Crippen LogP) is 2.96. The second-order valence-corrected chi connectivity index (χ2v) is 9.24. The number of carbonyl (C=O) groups is 2. The molecule has 0 radical (unpaired) electrons. The molecule has 0 aromatic heterocycles. The minimum absolute atomic E-state index is 0.0599. The molecule has 2 atom stereocenters. The van der Waals surface area contributed by atoms with Crippen LogP contribution in [0.5, 0.6) is 0 Å². The lowest BCUT2D eigenvalue weighted by atomic mass is 9.81. The molecule has 2 aliphatic carbocycles. The van der Waals surface area contributed by atoms with E-state index in [4.69, 9.17) is 0 Å². The summed E-state index contributed by atoms with van der Waals surface area (Å²) >= 11 is 0. The van der Waals surface area contributed by atoms with Gasteiger partial charge in [-0.1, -0.05) is 12.8 Å². The third kappa shape index (κ3) is 7.49. The Bertz CT molecular complexity index is 1300. The average molecular weight is 539 g/mol. The Labute approximate surface area is 231 Å². The number of hydrogen-bond donors (Lipinski definition) is 4. The van der Waals surface area contributed by atoms with Crippen LogP contribution in [0.15, 0.2) is 44.8 Å². The van der Waals surface area contributed by atoms with E-state index in [9.17, 15) is 51.4 Å². The third-order valence-electron chi connectivity index (χ3n) is 6.76. The Morgan fingerprint density at radius 1 is 0.625 bits per heavy atom. The van der Waals surface area contributed by atoms with Crippen molar-refractivity contribution in [3.8, 4) is 36.4 Å². The highest BCUT2D eigenvalue weighted by Gasteiger charge is 2.32. The van der Waals surface area contributed by atoms with Crippen LogP contribution in [0.25, 0.3) is 0 Å². The monoisotopic (exact) mass is 538 g/mol. The fraction of sp³-hybridized carbons (Fsp3) is 0.429. The lowest BCUT2D eigenvalue weighted by molar-refractivity contribution is -0.142. The Kier molecular flexibility index (Phi) is 11.5. The topological polar surface area (TPSA) is 241 Å². The van der Waals surface area contributed by atoms with Crippen LogP contribution < -0.4 is 10.6 Å². The van der Waals surface area contributed by atoms with Gasteiger partial charge in [0.25, 0.3) is 0 Å². The first-order valence-electron chi connectivity index (χ1n) is 12.5. The van der Waals surface area contributed by atoms with Gasteiger partial charge in [-0.25, -0.2) is 0 Å². The highest BCUT2D eigenvalue weighted by Crippen LogP contribution is 2.35. The zero-order valence-corrected chi connectivity index (χ0v) is 21.6. The number of unbranched alkanes of at least 4 members (excludes halogenated alkanes) is 3. The van der Waals surface area contributed by atoms with Gasteiger partial charge in [0, 0.05) is 48.5 Å². The van der Waals surface area contributed by atoms with Gasteiger partial charge in [-0.05, 0) is 25.7 Å². The molecule has 0 saturated heterocycles. The number of rotatable bonds is 11. The van der Waals surface area contributed by atoms with Crippen LogP contribution in [0, 0.1) is 79.8 Å². The van der Waals surface area contributed by atoms with Crippen molar-refractivity contribution in [1.82, 2.24) is 10.6 Å². The maximum Gasteiger partial charge on any atom is 0.307 e. The van der Waals surface area contributed by atoms with Gasteiger partial charge in [-0.2, -0.15) is 31.6 Å². The van der Waals surface area contributed by atoms with Gasteiger partial charge in [0.05, 0.1) is 23.0 Å². The number of nitrogens with zero attached hydrogens (tertiary/aromatic N) is 6. The zero-order valence-electron chi connectivity index (χ0n) is 21.6. The fourth-order valence-electron chi connectivity index (χ4n) is 4.70. The molecular formula is C28H26N8O4. The molecule has 2 aliphatic rings. The summed E-state index contributed by atoms with van der Waals surface area (Å²) in [5.74, 6) is -3.84. The standard InChI is InChI=1S/C28H26N8O4/c29-11-19(12-30)21-7-17(27(37)38)9-25(23(21)15-33)35-5-3-1-2-4-6-36-26-10-18(28(39)40)8-22(24(26)16-34)20(13-31)14-32/h17-18,35-36H,1-10H2,(H,37,38)(H,39,40). The lowest BCUT2D eigenvalue weighted by Crippen LogP contribution is -2.28.